The highest BCUT2D eigenvalue weighted by Crippen LogP contribution is 2.27. The number of rotatable bonds is 7. The Morgan fingerprint density at radius 3 is 1.96 bits per heavy atom. The van der Waals surface area contributed by atoms with Gasteiger partial charge in [0.05, 0.1) is 12.5 Å². The SMILES string of the molecule is CCOC(=O)C(C)C/C(C(=O)c1ccccc1)=C(\C)c1ccccc1. The van der Waals surface area contributed by atoms with Crippen molar-refractivity contribution in [3.8, 4) is 0 Å². The van der Waals surface area contributed by atoms with E-state index in [1.807, 2.05) is 55.5 Å². The maximum atomic E-state index is 13.1. The molecule has 0 aliphatic rings. The standard InChI is InChI=1S/C22H24O3/c1-4-25-22(24)16(2)15-20(17(3)18-11-7-5-8-12-18)21(23)19-13-9-6-10-14-19/h5-14,16H,4,15H2,1-3H3/b20-17-. The number of ether oxygens (including phenoxy) is 1. The highest BCUT2D eigenvalue weighted by atomic mass is 16.5. The summed E-state index contributed by atoms with van der Waals surface area (Å²) in [6.45, 7) is 5.86. The van der Waals surface area contributed by atoms with E-state index in [1.54, 1.807) is 26.0 Å². The van der Waals surface area contributed by atoms with E-state index < -0.39 is 0 Å². The molecule has 25 heavy (non-hydrogen) atoms. The highest BCUT2D eigenvalue weighted by molar-refractivity contribution is 6.13. The van der Waals surface area contributed by atoms with Crippen LogP contribution in [-0.4, -0.2) is 18.4 Å². The van der Waals surface area contributed by atoms with Crippen LogP contribution >= 0.6 is 0 Å². The van der Waals surface area contributed by atoms with Crippen LogP contribution in [0.5, 0.6) is 0 Å². The number of allylic oxidation sites excluding steroid dienone is 2. The molecule has 2 rings (SSSR count). The number of carbonyl (C=O) groups excluding carboxylic acids is 2. The summed E-state index contributed by atoms with van der Waals surface area (Å²) in [6.07, 6.45) is 0.354. The fourth-order valence-electron chi connectivity index (χ4n) is 2.72. The molecule has 0 aliphatic carbocycles. The average Bonchev–Trinajstić information content (AvgIpc) is 2.66. The van der Waals surface area contributed by atoms with Crippen molar-refractivity contribution < 1.29 is 14.3 Å². The number of hydrogen-bond donors (Lipinski definition) is 0. The molecule has 0 saturated carbocycles. The van der Waals surface area contributed by atoms with Gasteiger partial charge in [-0.25, -0.2) is 0 Å². The molecule has 0 spiro atoms. The van der Waals surface area contributed by atoms with E-state index in [1.165, 1.54) is 0 Å². The Bertz CT molecular complexity index is 745. The first-order valence-corrected chi connectivity index (χ1v) is 8.56. The Morgan fingerprint density at radius 1 is 0.920 bits per heavy atom. The number of esters is 1. The number of hydrogen-bond acceptors (Lipinski definition) is 3. The van der Waals surface area contributed by atoms with Crippen LogP contribution < -0.4 is 0 Å². The van der Waals surface area contributed by atoms with Crippen LogP contribution in [0.15, 0.2) is 66.2 Å². The lowest BCUT2D eigenvalue weighted by Crippen LogP contribution is -2.18. The average molecular weight is 336 g/mol. The minimum Gasteiger partial charge on any atom is -0.466 e. The summed E-state index contributed by atoms with van der Waals surface area (Å²) in [5.74, 6) is -0.693. The van der Waals surface area contributed by atoms with Gasteiger partial charge in [-0.05, 0) is 31.4 Å². The Kier molecular flexibility index (Phi) is 6.70. The first kappa shape index (κ1) is 18.7. The zero-order valence-corrected chi connectivity index (χ0v) is 15.0. The molecule has 0 aliphatic heterocycles. The van der Waals surface area contributed by atoms with Gasteiger partial charge in [-0.3, -0.25) is 9.59 Å². The number of ketones is 1. The van der Waals surface area contributed by atoms with Gasteiger partial charge in [0, 0.05) is 11.1 Å². The van der Waals surface area contributed by atoms with Gasteiger partial charge in [-0.2, -0.15) is 0 Å². The van der Waals surface area contributed by atoms with Gasteiger partial charge in [0.2, 0.25) is 0 Å². The molecule has 130 valence electrons. The van der Waals surface area contributed by atoms with Crippen molar-refractivity contribution in [3.63, 3.8) is 0 Å². The predicted molar refractivity (Wildman–Crippen MR) is 100 cm³/mol. The molecular weight excluding hydrogens is 312 g/mol. The van der Waals surface area contributed by atoms with E-state index in [4.69, 9.17) is 4.74 Å². The number of carbonyl (C=O) groups is 2. The lowest BCUT2D eigenvalue weighted by molar-refractivity contribution is -0.147. The van der Waals surface area contributed by atoms with E-state index in [0.29, 0.717) is 24.2 Å². The van der Waals surface area contributed by atoms with Gasteiger partial charge in [-0.15, -0.1) is 0 Å². The molecule has 0 fully saturated rings. The smallest absolute Gasteiger partial charge is 0.308 e. The molecule has 2 aromatic carbocycles. The maximum Gasteiger partial charge on any atom is 0.308 e. The first-order valence-electron chi connectivity index (χ1n) is 8.56. The van der Waals surface area contributed by atoms with Gasteiger partial charge < -0.3 is 4.74 Å². The maximum absolute atomic E-state index is 13.1. The molecule has 0 amide bonds. The number of Topliss-reactive ketones (excluding diaryl/α,β-unsaturated/α-hetero) is 1. The molecule has 1 atom stereocenters. The lowest BCUT2D eigenvalue weighted by Gasteiger charge is -2.16. The topological polar surface area (TPSA) is 43.4 Å². The molecule has 0 N–H and O–H groups in total. The van der Waals surface area contributed by atoms with Crippen LogP contribution in [-0.2, 0) is 9.53 Å². The molecule has 3 heteroatoms. The molecular formula is C22H24O3. The van der Waals surface area contributed by atoms with Crippen LogP contribution in [0, 0.1) is 5.92 Å². The first-order chi connectivity index (χ1) is 12.0. The minimum absolute atomic E-state index is 0.0434. The van der Waals surface area contributed by atoms with Crippen molar-refractivity contribution in [2.45, 2.75) is 27.2 Å². The van der Waals surface area contributed by atoms with Gasteiger partial charge in [-0.1, -0.05) is 67.6 Å². The molecule has 0 aromatic heterocycles. The Balaban J connectivity index is 2.41. The molecule has 2 aromatic rings. The quantitative estimate of drug-likeness (QED) is 0.409. The molecule has 1 unspecified atom stereocenters. The van der Waals surface area contributed by atoms with Crippen LogP contribution in [0.25, 0.3) is 5.57 Å². The molecule has 0 bridgehead atoms. The summed E-state index contributed by atoms with van der Waals surface area (Å²) in [6, 6.07) is 18.9. The second-order valence-electron chi connectivity index (χ2n) is 6.02. The summed E-state index contributed by atoms with van der Waals surface area (Å²) in [7, 11) is 0. The fourth-order valence-corrected chi connectivity index (χ4v) is 2.72. The molecule has 0 radical (unpaired) electrons. The lowest BCUT2D eigenvalue weighted by atomic mass is 9.88. The largest absolute Gasteiger partial charge is 0.466 e. The Labute approximate surface area is 149 Å². The summed E-state index contributed by atoms with van der Waals surface area (Å²) >= 11 is 0. The second-order valence-corrected chi connectivity index (χ2v) is 6.02. The predicted octanol–water partition coefficient (Wildman–Crippen LogP) is 4.93. The second kappa shape index (κ2) is 8.97. The van der Waals surface area contributed by atoms with Crippen molar-refractivity contribution in [1.82, 2.24) is 0 Å². The minimum atomic E-state index is -0.374. The van der Waals surface area contributed by atoms with Crippen molar-refractivity contribution in [1.29, 1.82) is 0 Å². The molecule has 0 heterocycles. The number of benzene rings is 2. The summed E-state index contributed by atoms with van der Waals surface area (Å²) < 4.78 is 5.10. The normalized spacial score (nSPS) is 12.9. The van der Waals surface area contributed by atoms with Crippen LogP contribution in [0.3, 0.4) is 0 Å². The van der Waals surface area contributed by atoms with Gasteiger partial charge in [0.1, 0.15) is 0 Å². The van der Waals surface area contributed by atoms with E-state index >= 15 is 0 Å². The van der Waals surface area contributed by atoms with Gasteiger partial charge in [0.25, 0.3) is 0 Å². The Hall–Kier alpha value is -2.68. The third kappa shape index (κ3) is 4.90. The van der Waals surface area contributed by atoms with Crippen molar-refractivity contribution in [2.24, 2.45) is 5.92 Å². The van der Waals surface area contributed by atoms with Gasteiger partial charge >= 0.3 is 5.97 Å². The van der Waals surface area contributed by atoms with E-state index in [9.17, 15) is 9.59 Å². The fraction of sp³-hybridized carbons (Fsp3) is 0.273. The van der Waals surface area contributed by atoms with Crippen LogP contribution in [0.2, 0.25) is 0 Å². The van der Waals surface area contributed by atoms with Gasteiger partial charge in [0.15, 0.2) is 5.78 Å². The zero-order chi connectivity index (χ0) is 18.2. The van der Waals surface area contributed by atoms with E-state index in [2.05, 4.69) is 0 Å². The molecule has 0 saturated heterocycles. The zero-order valence-electron chi connectivity index (χ0n) is 15.0. The Morgan fingerprint density at radius 2 is 1.44 bits per heavy atom. The van der Waals surface area contributed by atoms with Crippen LogP contribution in [0.4, 0.5) is 0 Å². The summed E-state index contributed by atoms with van der Waals surface area (Å²) in [4.78, 5) is 25.1. The van der Waals surface area contributed by atoms with E-state index in [-0.39, 0.29) is 17.7 Å². The molecule has 3 nitrogen and oxygen atoms in total. The van der Waals surface area contributed by atoms with Crippen LogP contribution in [0.1, 0.15) is 43.1 Å². The van der Waals surface area contributed by atoms with Crippen molar-refractivity contribution in [3.05, 3.63) is 77.4 Å². The summed E-state index contributed by atoms with van der Waals surface area (Å²) in [5.41, 5.74) is 3.16. The third-order valence-electron chi connectivity index (χ3n) is 4.17. The highest BCUT2D eigenvalue weighted by Gasteiger charge is 2.23. The summed E-state index contributed by atoms with van der Waals surface area (Å²) in [5, 5.41) is 0. The van der Waals surface area contributed by atoms with E-state index in [0.717, 1.165) is 11.1 Å². The third-order valence-corrected chi connectivity index (χ3v) is 4.17. The van der Waals surface area contributed by atoms with Crippen molar-refractivity contribution in [2.75, 3.05) is 6.61 Å². The monoisotopic (exact) mass is 336 g/mol. The van der Waals surface area contributed by atoms with Crippen molar-refractivity contribution >= 4 is 17.3 Å².